The lowest BCUT2D eigenvalue weighted by atomic mass is 10.2. The van der Waals surface area contributed by atoms with Crippen LogP contribution in [0, 0.1) is 5.92 Å². The van der Waals surface area contributed by atoms with E-state index in [1.54, 1.807) is 11.3 Å². The quantitative estimate of drug-likeness (QED) is 0.782. The number of para-hydroxylation sites is 1. The Hall–Kier alpha value is -1.46. The van der Waals surface area contributed by atoms with Gasteiger partial charge in [-0.2, -0.15) is 0 Å². The van der Waals surface area contributed by atoms with Gasteiger partial charge < -0.3 is 4.90 Å². The first kappa shape index (κ1) is 16.9. The second kappa shape index (κ2) is 7.70. The van der Waals surface area contributed by atoms with E-state index in [9.17, 15) is 4.79 Å². The van der Waals surface area contributed by atoms with Gasteiger partial charge in [-0.25, -0.2) is 4.98 Å². The van der Waals surface area contributed by atoms with E-state index in [4.69, 9.17) is 0 Å². The number of amides is 1. The lowest BCUT2D eigenvalue weighted by Crippen LogP contribution is -2.40. The Bertz CT molecular complexity index is 586. The van der Waals surface area contributed by atoms with Gasteiger partial charge in [0.25, 0.3) is 0 Å². The predicted octanol–water partition coefficient (Wildman–Crippen LogP) is 3.63. The van der Waals surface area contributed by atoms with Crippen molar-refractivity contribution < 1.29 is 4.79 Å². The highest BCUT2D eigenvalue weighted by atomic mass is 32.1. The number of fused-ring (bicyclic) bond motifs is 1. The van der Waals surface area contributed by atoms with Gasteiger partial charge in [-0.05, 0) is 25.2 Å². The van der Waals surface area contributed by atoms with E-state index in [1.807, 2.05) is 36.9 Å². The molecule has 1 aromatic carbocycles. The van der Waals surface area contributed by atoms with E-state index in [2.05, 4.69) is 29.8 Å². The zero-order valence-electron chi connectivity index (χ0n) is 13.9. The van der Waals surface area contributed by atoms with Crippen LogP contribution in [0.3, 0.4) is 0 Å². The van der Waals surface area contributed by atoms with Crippen molar-refractivity contribution >= 4 is 32.6 Å². The van der Waals surface area contributed by atoms with E-state index < -0.39 is 0 Å². The van der Waals surface area contributed by atoms with Crippen molar-refractivity contribution in [3.05, 3.63) is 24.3 Å². The minimum atomic E-state index is -0.0243. The van der Waals surface area contributed by atoms with Crippen molar-refractivity contribution in [3.8, 4) is 0 Å². The third-order valence-corrected chi connectivity index (χ3v) is 4.87. The van der Waals surface area contributed by atoms with Gasteiger partial charge in [0.15, 0.2) is 5.13 Å². The average Bonchev–Trinajstić information content (AvgIpc) is 2.94. The number of hydrogen-bond acceptors (Lipinski definition) is 4. The molecule has 22 heavy (non-hydrogen) atoms. The highest BCUT2D eigenvalue weighted by Crippen LogP contribution is 2.29. The molecule has 0 aliphatic heterocycles. The van der Waals surface area contributed by atoms with E-state index in [0.29, 0.717) is 6.54 Å². The fraction of sp³-hybridized carbons (Fsp3) is 0.529. The zero-order chi connectivity index (χ0) is 16.1. The molecule has 0 radical (unpaired) electrons. The van der Waals surface area contributed by atoms with E-state index >= 15 is 0 Å². The third kappa shape index (κ3) is 3.84. The lowest BCUT2D eigenvalue weighted by Gasteiger charge is -2.25. The Balaban J connectivity index is 2.25. The topological polar surface area (TPSA) is 36.4 Å². The molecule has 2 aromatic rings. The van der Waals surface area contributed by atoms with E-state index in [-0.39, 0.29) is 11.8 Å². The molecule has 0 N–H and O–H groups in total. The van der Waals surface area contributed by atoms with Gasteiger partial charge in [0.05, 0.1) is 10.2 Å². The zero-order valence-corrected chi connectivity index (χ0v) is 14.7. The molecule has 120 valence electrons. The van der Waals surface area contributed by atoms with Crippen LogP contribution in [-0.4, -0.2) is 42.0 Å². The Morgan fingerprint density at radius 3 is 2.45 bits per heavy atom. The summed E-state index contributed by atoms with van der Waals surface area (Å²) >= 11 is 1.59. The monoisotopic (exact) mass is 319 g/mol. The second-order valence-electron chi connectivity index (χ2n) is 5.64. The average molecular weight is 319 g/mol. The molecule has 0 saturated heterocycles. The maximum atomic E-state index is 12.6. The Morgan fingerprint density at radius 1 is 1.18 bits per heavy atom. The number of thiazole rings is 1. The smallest absolute Gasteiger partial charge is 0.231 e. The molecule has 0 atom stereocenters. The summed E-state index contributed by atoms with van der Waals surface area (Å²) in [5, 5.41) is 0.812. The molecule has 5 heteroatoms. The predicted molar refractivity (Wildman–Crippen MR) is 94.6 cm³/mol. The normalized spacial score (nSPS) is 11.5. The maximum Gasteiger partial charge on any atom is 0.231 e. The molecule has 1 heterocycles. The van der Waals surface area contributed by atoms with Crippen LogP contribution < -0.4 is 4.90 Å². The molecule has 0 bridgehead atoms. The second-order valence-corrected chi connectivity index (χ2v) is 6.64. The van der Waals surface area contributed by atoms with Crippen LogP contribution in [0.15, 0.2) is 24.3 Å². The summed E-state index contributed by atoms with van der Waals surface area (Å²) in [6.45, 7) is 11.8. The molecule has 0 saturated carbocycles. The van der Waals surface area contributed by atoms with Gasteiger partial charge in [-0.3, -0.25) is 9.69 Å². The van der Waals surface area contributed by atoms with Gasteiger partial charge in [0.1, 0.15) is 0 Å². The molecule has 1 amide bonds. The summed E-state index contributed by atoms with van der Waals surface area (Å²) in [4.78, 5) is 21.4. The highest BCUT2D eigenvalue weighted by Gasteiger charge is 2.22. The van der Waals surface area contributed by atoms with Crippen molar-refractivity contribution in [2.75, 3.05) is 31.1 Å². The Kier molecular flexibility index (Phi) is 5.91. The first-order valence-electron chi connectivity index (χ1n) is 7.96. The highest BCUT2D eigenvalue weighted by molar-refractivity contribution is 7.22. The molecule has 0 fully saturated rings. The summed E-state index contributed by atoms with van der Waals surface area (Å²) in [5.41, 5.74) is 0.965. The van der Waals surface area contributed by atoms with Crippen molar-refractivity contribution in [2.24, 2.45) is 5.92 Å². The molecule has 0 aliphatic carbocycles. The molecule has 1 aromatic heterocycles. The minimum Gasteiger partial charge on any atom is -0.302 e. The van der Waals surface area contributed by atoms with Crippen molar-refractivity contribution in [2.45, 2.75) is 27.7 Å². The van der Waals surface area contributed by atoms with Crippen LogP contribution in [0.5, 0.6) is 0 Å². The summed E-state index contributed by atoms with van der Waals surface area (Å²) in [6.07, 6.45) is 0. The number of hydrogen-bond donors (Lipinski definition) is 0. The Morgan fingerprint density at radius 2 is 1.86 bits per heavy atom. The third-order valence-electron chi connectivity index (χ3n) is 3.81. The van der Waals surface area contributed by atoms with Crippen LogP contribution in [0.2, 0.25) is 0 Å². The fourth-order valence-electron chi connectivity index (χ4n) is 2.37. The molecule has 0 spiro atoms. The van der Waals surface area contributed by atoms with Crippen molar-refractivity contribution in [1.29, 1.82) is 0 Å². The van der Waals surface area contributed by atoms with Crippen LogP contribution in [0.4, 0.5) is 5.13 Å². The SMILES string of the molecule is CCN(CC)CCN(C(=O)C(C)C)c1nc2ccccc2s1. The maximum absolute atomic E-state index is 12.6. The molecule has 4 nitrogen and oxygen atoms in total. The Labute approximate surface area is 136 Å². The minimum absolute atomic E-state index is 0.0243. The molecule has 2 rings (SSSR count). The number of rotatable bonds is 7. The van der Waals surface area contributed by atoms with E-state index in [0.717, 1.165) is 35.0 Å². The molecular formula is C17H25N3OS. The number of aromatic nitrogens is 1. The van der Waals surface area contributed by atoms with E-state index in [1.165, 1.54) is 0 Å². The lowest BCUT2D eigenvalue weighted by molar-refractivity contribution is -0.121. The van der Waals surface area contributed by atoms with Crippen LogP contribution in [0.1, 0.15) is 27.7 Å². The van der Waals surface area contributed by atoms with Gasteiger partial charge in [-0.15, -0.1) is 0 Å². The van der Waals surface area contributed by atoms with Gasteiger partial charge in [0, 0.05) is 19.0 Å². The number of benzene rings is 1. The molecule has 0 aliphatic rings. The first-order chi connectivity index (χ1) is 10.6. The summed E-state index contributed by atoms with van der Waals surface area (Å²) in [6, 6.07) is 8.04. The van der Waals surface area contributed by atoms with Crippen molar-refractivity contribution in [3.63, 3.8) is 0 Å². The number of carbonyl (C=O) groups excluding carboxylic acids is 1. The van der Waals surface area contributed by atoms with Gasteiger partial charge >= 0.3 is 0 Å². The number of carbonyl (C=O) groups is 1. The number of anilines is 1. The first-order valence-corrected chi connectivity index (χ1v) is 8.77. The number of likely N-dealkylation sites (N-methyl/N-ethyl adjacent to an activating group) is 1. The van der Waals surface area contributed by atoms with Gasteiger partial charge in [-0.1, -0.05) is 51.2 Å². The van der Waals surface area contributed by atoms with Crippen LogP contribution in [0.25, 0.3) is 10.2 Å². The summed E-state index contributed by atoms with van der Waals surface area (Å²) < 4.78 is 1.13. The fourth-order valence-corrected chi connectivity index (χ4v) is 3.37. The van der Waals surface area contributed by atoms with Crippen LogP contribution in [-0.2, 0) is 4.79 Å². The molecular weight excluding hydrogens is 294 g/mol. The number of nitrogens with zero attached hydrogens (tertiary/aromatic N) is 3. The summed E-state index contributed by atoms with van der Waals surface area (Å²) in [5.74, 6) is 0.120. The largest absolute Gasteiger partial charge is 0.302 e. The standard InChI is InChI=1S/C17H25N3OS/c1-5-19(6-2)11-12-20(16(21)13(3)4)17-18-14-9-7-8-10-15(14)22-17/h7-10,13H,5-6,11-12H2,1-4H3. The summed E-state index contributed by atoms with van der Waals surface area (Å²) in [7, 11) is 0. The van der Waals surface area contributed by atoms with Crippen LogP contribution >= 0.6 is 11.3 Å². The van der Waals surface area contributed by atoms with Crippen molar-refractivity contribution in [1.82, 2.24) is 9.88 Å². The van der Waals surface area contributed by atoms with Gasteiger partial charge in [0.2, 0.25) is 5.91 Å². The molecule has 0 unspecified atom stereocenters.